The molecule has 0 aliphatic heterocycles. The standard InChI is InChI=1S/C34H23FN2O5S2/c1-20-7-13-26(14-8-20)44(40,41)37-31(24-6-4-5-23(17-24)21-9-11-22(12-10-21)34(38)39)30(27-15-16-43-33(27)36-2)28-18-25(35)19-29(42-3)32(28)37/h4-19H,1,3H3,(H,38,39). The number of benzene rings is 4. The zero-order valence-electron chi connectivity index (χ0n) is 23.4. The fourth-order valence-electron chi connectivity index (χ4n) is 5.29. The second-order valence-corrected chi connectivity index (χ2v) is 12.7. The van der Waals surface area contributed by atoms with Crippen LogP contribution in [-0.2, 0) is 10.0 Å². The maximum Gasteiger partial charge on any atom is 0.335 e. The Bertz CT molecular complexity index is 2230. The molecule has 218 valence electrons. The smallest absolute Gasteiger partial charge is 0.335 e. The first-order valence-electron chi connectivity index (χ1n) is 13.3. The third-order valence-electron chi connectivity index (χ3n) is 7.35. The summed E-state index contributed by atoms with van der Waals surface area (Å²) < 4.78 is 51.1. The number of hydrogen-bond acceptors (Lipinski definition) is 5. The molecule has 4 aromatic carbocycles. The van der Waals surface area contributed by atoms with E-state index in [9.17, 15) is 18.3 Å². The van der Waals surface area contributed by atoms with Crippen LogP contribution in [0.2, 0.25) is 0 Å². The van der Waals surface area contributed by atoms with Crippen LogP contribution in [0, 0.1) is 19.3 Å². The van der Waals surface area contributed by atoms with Gasteiger partial charge in [-0.15, -0.1) is 0 Å². The molecule has 0 unspecified atom stereocenters. The van der Waals surface area contributed by atoms with Gasteiger partial charge in [0.2, 0.25) is 5.00 Å². The number of hydrogen-bond donors (Lipinski definition) is 1. The summed E-state index contributed by atoms with van der Waals surface area (Å²) in [5, 5.41) is 11.7. The first-order valence-corrected chi connectivity index (χ1v) is 15.6. The van der Waals surface area contributed by atoms with E-state index in [1.54, 1.807) is 53.9 Å². The van der Waals surface area contributed by atoms with Crippen molar-refractivity contribution in [2.75, 3.05) is 7.11 Å². The number of aromatic nitrogens is 1. The number of thiophene rings is 1. The summed E-state index contributed by atoms with van der Waals surface area (Å²) in [6.07, 6.45) is 0. The van der Waals surface area contributed by atoms with Crippen LogP contribution in [0.3, 0.4) is 0 Å². The number of carboxylic acids is 1. The molecular weight excluding hydrogens is 600 g/mol. The topological polar surface area (TPSA) is 90.0 Å². The van der Waals surface area contributed by atoms with Crippen LogP contribution in [-0.4, -0.2) is 30.6 Å². The lowest BCUT2D eigenvalue weighted by molar-refractivity contribution is 0.0697. The van der Waals surface area contributed by atoms with Crippen molar-refractivity contribution in [1.29, 1.82) is 0 Å². The van der Waals surface area contributed by atoms with Crippen LogP contribution in [0.1, 0.15) is 15.9 Å². The van der Waals surface area contributed by atoms with E-state index >= 15 is 4.39 Å². The predicted octanol–water partition coefficient (Wildman–Crippen LogP) is 8.65. The van der Waals surface area contributed by atoms with E-state index in [0.29, 0.717) is 32.8 Å². The second-order valence-electron chi connectivity index (χ2n) is 10.0. The van der Waals surface area contributed by atoms with Gasteiger partial charge in [0.05, 0.1) is 29.8 Å². The molecule has 6 aromatic rings. The molecule has 0 fully saturated rings. The van der Waals surface area contributed by atoms with Crippen molar-refractivity contribution in [2.24, 2.45) is 0 Å². The third-order valence-corrected chi connectivity index (χ3v) is 9.87. The van der Waals surface area contributed by atoms with Gasteiger partial charge in [0, 0.05) is 28.1 Å². The number of ether oxygens (including phenoxy) is 1. The Balaban J connectivity index is 1.76. The highest BCUT2D eigenvalue weighted by molar-refractivity contribution is 7.90. The van der Waals surface area contributed by atoms with Crippen LogP contribution in [0.15, 0.2) is 101 Å². The molecule has 0 aliphatic carbocycles. The zero-order chi connectivity index (χ0) is 31.2. The summed E-state index contributed by atoms with van der Waals surface area (Å²) in [5.41, 5.74) is 4.11. The maximum absolute atomic E-state index is 15.1. The molecule has 0 saturated carbocycles. The van der Waals surface area contributed by atoms with Crippen molar-refractivity contribution in [3.8, 4) is 39.3 Å². The highest BCUT2D eigenvalue weighted by Gasteiger charge is 2.32. The number of carboxylic acid groups (broad SMARTS) is 1. The van der Waals surface area contributed by atoms with Crippen LogP contribution in [0.5, 0.6) is 5.75 Å². The van der Waals surface area contributed by atoms with Crippen LogP contribution in [0.4, 0.5) is 9.39 Å². The van der Waals surface area contributed by atoms with Crippen LogP contribution in [0.25, 0.3) is 49.3 Å². The molecule has 2 aromatic heterocycles. The molecule has 0 saturated heterocycles. The van der Waals surface area contributed by atoms with Crippen molar-refractivity contribution in [3.63, 3.8) is 0 Å². The summed E-state index contributed by atoms with van der Waals surface area (Å²) in [6, 6.07) is 24.1. The molecule has 1 N–H and O–H groups in total. The first kappa shape index (κ1) is 28.9. The Morgan fingerprint density at radius 1 is 0.955 bits per heavy atom. The number of methoxy groups -OCH3 is 1. The Morgan fingerprint density at radius 3 is 2.32 bits per heavy atom. The van der Waals surface area contributed by atoms with Crippen molar-refractivity contribution in [2.45, 2.75) is 11.8 Å². The minimum absolute atomic E-state index is 0.0168. The van der Waals surface area contributed by atoms with Gasteiger partial charge in [-0.3, -0.25) is 0 Å². The fraction of sp³-hybridized carbons (Fsp3) is 0.0588. The molecule has 0 bridgehead atoms. The first-order chi connectivity index (χ1) is 21.1. The van der Waals surface area contributed by atoms with Gasteiger partial charge in [-0.1, -0.05) is 54.1 Å². The Morgan fingerprint density at radius 2 is 1.66 bits per heavy atom. The number of fused-ring (bicyclic) bond motifs is 1. The number of halogens is 1. The van der Waals surface area contributed by atoms with Crippen molar-refractivity contribution in [1.82, 2.24) is 3.97 Å². The highest BCUT2D eigenvalue weighted by atomic mass is 32.2. The number of rotatable bonds is 7. The summed E-state index contributed by atoms with van der Waals surface area (Å²) in [5.74, 6) is -1.66. The summed E-state index contributed by atoms with van der Waals surface area (Å²) in [4.78, 5) is 15.1. The molecular formula is C34H23FN2O5S2. The molecule has 0 spiro atoms. The lowest BCUT2D eigenvalue weighted by Gasteiger charge is -2.16. The average molecular weight is 623 g/mol. The van der Waals surface area contributed by atoms with E-state index in [4.69, 9.17) is 11.3 Å². The quantitative estimate of drug-likeness (QED) is 0.180. The number of carbonyl (C=O) groups is 1. The molecule has 0 amide bonds. The molecule has 7 nitrogen and oxygen atoms in total. The number of nitrogens with zero attached hydrogens (tertiary/aromatic N) is 2. The van der Waals surface area contributed by atoms with E-state index in [0.717, 1.165) is 11.6 Å². The average Bonchev–Trinajstić information content (AvgIpc) is 3.63. The predicted molar refractivity (Wildman–Crippen MR) is 170 cm³/mol. The Labute approximate surface area is 256 Å². The van der Waals surface area contributed by atoms with Crippen LogP contribution >= 0.6 is 11.3 Å². The normalized spacial score (nSPS) is 11.4. The number of aromatic carboxylic acids is 1. The van der Waals surface area contributed by atoms with Gasteiger partial charge in [-0.05, 0) is 59.8 Å². The molecule has 2 heterocycles. The van der Waals surface area contributed by atoms with E-state index in [-0.39, 0.29) is 32.8 Å². The van der Waals surface area contributed by atoms with E-state index < -0.39 is 21.8 Å². The monoisotopic (exact) mass is 622 g/mol. The Hall–Kier alpha value is -5.24. The zero-order valence-corrected chi connectivity index (χ0v) is 25.0. The molecule has 10 heteroatoms. The minimum Gasteiger partial charge on any atom is -0.494 e. The van der Waals surface area contributed by atoms with Gasteiger partial charge in [-0.25, -0.2) is 26.4 Å². The van der Waals surface area contributed by atoms with E-state index in [1.807, 2.05) is 13.0 Å². The van der Waals surface area contributed by atoms with Gasteiger partial charge in [0.1, 0.15) is 17.1 Å². The number of aryl methyl sites for hydroxylation is 1. The van der Waals surface area contributed by atoms with Crippen LogP contribution < -0.4 is 4.74 Å². The van der Waals surface area contributed by atoms with Gasteiger partial charge in [0.15, 0.2) is 0 Å². The Kier molecular flexibility index (Phi) is 7.29. The van der Waals surface area contributed by atoms with Crippen molar-refractivity contribution in [3.05, 3.63) is 125 Å². The third kappa shape index (κ3) is 4.82. The summed E-state index contributed by atoms with van der Waals surface area (Å²) >= 11 is 1.20. The second kappa shape index (κ2) is 11.1. The lowest BCUT2D eigenvalue weighted by Crippen LogP contribution is -2.15. The van der Waals surface area contributed by atoms with E-state index in [1.165, 1.54) is 52.8 Å². The lowest BCUT2D eigenvalue weighted by atomic mass is 9.96. The molecule has 0 aliphatic rings. The molecule has 0 atom stereocenters. The maximum atomic E-state index is 15.1. The fourth-order valence-corrected chi connectivity index (χ4v) is 7.53. The van der Waals surface area contributed by atoms with E-state index in [2.05, 4.69) is 4.85 Å². The highest BCUT2D eigenvalue weighted by Crippen LogP contribution is 2.50. The molecule has 0 radical (unpaired) electrons. The van der Waals surface area contributed by atoms with Gasteiger partial charge in [-0.2, -0.15) is 11.3 Å². The largest absolute Gasteiger partial charge is 0.494 e. The summed E-state index contributed by atoms with van der Waals surface area (Å²) in [6.45, 7) is 9.66. The minimum atomic E-state index is -4.31. The summed E-state index contributed by atoms with van der Waals surface area (Å²) in [7, 11) is -2.97. The van der Waals surface area contributed by atoms with Crippen molar-refractivity contribution < 1.29 is 27.4 Å². The van der Waals surface area contributed by atoms with Crippen molar-refractivity contribution >= 4 is 43.2 Å². The SMILES string of the molecule is [C-]#[N+]c1sccc1-c1c(-c2cccc(-c3ccc(C(=O)O)cc3)c2)n(S(=O)(=O)c2ccc(C)cc2)c2c(OC)cc(F)cc12. The van der Waals surface area contributed by atoms with Gasteiger partial charge in [0.25, 0.3) is 10.0 Å². The molecule has 6 rings (SSSR count). The van der Waals surface area contributed by atoms with Gasteiger partial charge >= 0.3 is 5.97 Å². The van der Waals surface area contributed by atoms with Gasteiger partial charge < -0.3 is 9.84 Å². The molecule has 44 heavy (non-hydrogen) atoms.